The molecule has 2 aromatic rings. The molecule has 1 aliphatic rings. The van der Waals surface area contributed by atoms with E-state index in [0.717, 1.165) is 36.1 Å². The first-order valence-electron chi connectivity index (χ1n) is 8.42. The van der Waals surface area contributed by atoms with Crippen LogP contribution in [0.25, 0.3) is 0 Å². The number of rotatable bonds is 5. The van der Waals surface area contributed by atoms with E-state index < -0.39 is 0 Å². The number of carbonyl (C=O) groups is 1. The van der Waals surface area contributed by atoms with Crippen LogP contribution in [0, 0.1) is 13.8 Å². The van der Waals surface area contributed by atoms with Gasteiger partial charge in [-0.25, -0.2) is 9.97 Å². The lowest BCUT2D eigenvalue weighted by molar-refractivity contribution is -0.116. The predicted octanol–water partition coefficient (Wildman–Crippen LogP) is 2.64. The zero-order valence-corrected chi connectivity index (χ0v) is 14.2. The summed E-state index contributed by atoms with van der Waals surface area (Å²) in [6.45, 7) is 5.75. The molecule has 0 atom stereocenters. The molecule has 3 heterocycles. The minimum atomic E-state index is -0.0654. The Morgan fingerprint density at radius 1 is 1.21 bits per heavy atom. The Kier molecular flexibility index (Phi) is 5.08. The molecule has 24 heavy (non-hydrogen) atoms. The molecule has 3 rings (SSSR count). The van der Waals surface area contributed by atoms with Gasteiger partial charge in [0.1, 0.15) is 5.76 Å². The molecular weight excluding hydrogens is 306 g/mol. The maximum Gasteiger partial charge on any atom is 0.225 e. The number of carbonyl (C=O) groups excluding carboxylic acids is 1. The van der Waals surface area contributed by atoms with E-state index in [0.29, 0.717) is 18.5 Å². The summed E-state index contributed by atoms with van der Waals surface area (Å²) in [6, 6.07) is 0. The topological polar surface area (TPSA) is 84.2 Å². The number of aromatic nitrogens is 3. The van der Waals surface area contributed by atoms with Crippen LogP contribution in [0.5, 0.6) is 0 Å². The van der Waals surface area contributed by atoms with Crippen LogP contribution in [0.1, 0.15) is 42.7 Å². The van der Waals surface area contributed by atoms with Gasteiger partial charge in [0, 0.05) is 25.1 Å². The number of nitrogens with zero attached hydrogens (tertiary/aromatic N) is 4. The highest BCUT2D eigenvalue weighted by atomic mass is 16.5. The van der Waals surface area contributed by atoms with E-state index in [2.05, 4.69) is 25.3 Å². The summed E-state index contributed by atoms with van der Waals surface area (Å²) >= 11 is 0. The van der Waals surface area contributed by atoms with Crippen LogP contribution in [-0.2, 0) is 11.2 Å². The Labute approximate surface area is 141 Å². The summed E-state index contributed by atoms with van der Waals surface area (Å²) in [5.41, 5.74) is 2.47. The number of hydrogen-bond donors (Lipinski definition) is 1. The maximum absolute atomic E-state index is 12.1. The first-order chi connectivity index (χ1) is 11.6. The second-order valence-corrected chi connectivity index (χ2v) is 6.17. The summed E-state index contributed by atoms with van der Waals surface area (Å²) in [5, 5.41) is 6.74. The van der Waals surface area contributed by atoms with Gasteiger partial charge in [-0.1, -0.05) is 5.16 Å². The summed E-state index contributed by atoms with van der Waals surface area (Å²) in [6.07, 6.45) is 7.97. The maximum atomic E-state index is 12.1. The van der Waals surface area contributed by atoms with Crippen molar-refractivity contribution in [2.45, 2.75) is 46.0 Å². The molecule has 7 nitrogen and oxygen atoms in total. The van der Waals surface area contributed by atoms with Crippen molar-refractivity contribution >= 4 is 17.5 Å². The van der Waals surface area contributed by atoms with Gasteiger partial charge in [-0.2, -0.15) is 0 Å². The average Bonchev–Trinajstić information content (AvgIpc) is 2.93. The lowest BCUT2D eigenvalue weighted by Crippen LogP contribution is -2.30. The Bertz CT molecular complexity index is 670. The van der Waals surface area contributed by atoms with Gasteiger partial charge in [-0.3, -0.25) is 4.79 Å². The Hall–Kier alpha value is -2.44. The fourth-order valence-electron chi connectivity index (χ4n) is 2.96. The molecule has 0 bridgehead atoms. The molecular formula is C17H23N5O2. The summed E-state index contributed by atoms with van der Waals surface area (Å²) in [5.74, 6) is 1.45. The third-order valence-corrected chi connectivity index (χ3v) is 4.34. The normalized spacial score (nSPS) is 14.7. The predicted molar refractivity (Wildman–Crippen MR) is 91.0 cm³/mol. The van der Waals surface area contributed by atoms with Crippen molar-refractivity contribution in [2.75, 3.05) is 23.3 Å². The van der Waals surface area contributed by atoms with Crippen LogP contribution < -0.4 is 10.2 Å². The molecule has 0 saturated carbocycles. The molecule has 1 saturated heterocycles. The Balaban J connectivity index is 1.52. The second kappa shape index (κ2) is 7.42. The van der Waals surface area contributed by atoms with Crippen LogP contribution in [0.4, 0.5) is 11.6 Å². The van der Waals surface area contributed by atoms with Crippen LogP contribution >= 0.6 is 0 Å². The van der Waals surface area contributed by atoms with Gasteiger partial charge in [-0.15, -0.1) is 0 Å². The number of anilines is 2. The number of nitrogens with one attached hydrogen (secondary N) is 1. The van der Waals surface area contributed by atoms with E-state index in [1.54, 1.807) is 12.4 Å². The summed E-state index contributed by atoms with van der Waals surface area (Å²) < 4.78 is 5.11. The number of piperidine rings is 1. The molecule has 0 radical (unpaired) electrons. The van der Waals surface area contributed by atoms with E-state index in [1.807, 2.05) is 13.8 Å². The van der Waals surface area contributed by atoms with Crippen molar-refractivity contribution in [3.8, 4) is 0 Å². The van der Waals surface area contributed by atoms with Gasteiger partial charge < -0.3 is 14.7 Å². The molecule has 1 aliphatic heterocycles. The van der Waals surface area contributed by atoms with Crippen molar-refractivity contribution in [2.24, 2.45) is 0 Å². The molecule has 0 aromatic carbocycles. The second-order valence-electron chi connectivity index (χ2n) is 6.17. The van der Waals surface area contributed by atoms with E-state index in [4.69, 9.17) is 4.52 Å². The van der Waals surface area contributed by atoms with Crippen molar-refractivity contribution in [1.82, 2.24) is 15.1 Å². The van der Waals surface area contributed by atoms with Crippen molar-refractivity contribution < 1.29 is 9.32 Å². The van der Waals surface area contributed by atoms with Gasteiger partial charge in [-0.05, 0) is 39.5 Å². The molecule has 1 amide bonds. The van der Waals surface area contributed by atoms with Crippen LogP contribution in [0.15, 0.2) is 16.9 Å². The highest BCUT2D eigenvalue weighted by molar-refractivity contribution is 5.90. The monoisotopic (exact) mass is 329 g/mol. The van der Waals surface area contributed by atoms with Crippen molar-refractivity contribution in [1.29, 1.82) is 0 Å². The van der Waals surface area contributed by atoms with Gasteiger partial charge >= 0.3 is 0 Å². The number of hydrogen-bond acceptors (Lipinski definition) is 6. The van der Waals surface area contributed by atoms with Gasteiger partial charge in [0.25, 0.3) is 0 Å². The number of amides is 1. The molecule has 0 aliphatic carbocycles. The zero-order valence-electron chi connectivity index (χ0n) is 14.2. The van der Waals surface area contributed by atoms with E-state index in [-0.39, 0.29) is 5.91 Å². The highest BCUT2D eigenvalue weighted by Crippen LogP contribution is 2.17. The highest BCUT2D eigenvalue weighted by Gasteiger charge is 2.14. The Morgan fingerprint density at radius 2 is 1.92 bits per heavy atom. The first kappa shape index (κ1) is 16.4. The van der Waals surface area contributed by atoms with E-state index in [9.17, 15) is 4.79 Å². The molecule has 0 spiro atoms. The zero-order chi connectivity index (χ0) is 16.9. The van der Waals surface area contributed by atoms with Crippen LogP contribution in [0.3, 0.4) is 0 Å². The first-order valence-corrected chi connectivity index (χ1v) is 8.42. The fraction of sp³-hybridized carbons (Fsp3) is 0.529. The van der Waals surface area contributed by atoms with Gasteiger partial charge in [0.2, 0.25) is 11.9 Å². The minimum Gasteiger partial charge on any atom is -0.361 e. The summed E-state index contributed by atoms with van der Waals surface area (Å²) in [7, 11) is 0. The van der Waals surface area contributed by atoms with Crippen LogP contribution in [-0.4, -0.2) is 34.1 Å². The fourth-order valence-corrected chi connectivity index (χ4v) is 2.96. The third kappa shape index (κ3) is 3.90. The lowest BCUT2D eigenvalue weighted by atomic mass is 10.1. The lowest BCUT2D eigenvalue weighted by Gasteiger charge is -2.26. The standard InChI is InChI=1S/C17H23N5O2/c1-12-15(13(2)24-21-12)6-7-16(23)20-14-10-18-17(19-11-14)22-8-4-3-5-9-22/h10-11H,3-9H2,1-2H3,(H,20,23). The third-order valence-electron chi connectivity index (χ3n) is 4.34. The van der Waals surface area contributed by atoms with Gasteiger partial charge in [0.15, 0.2) is 0 Å². The Morgan fingerprint density at radius 3 is 2.54 bits per heavy atom. The van der Waals surface area contributed by atoms with Crippen LogP contribution in [0.2, 0.25) is 0 Å². The van der Waals surface area contributed by atoms with Crippen molar-refractivity contribution in [3.05, 3.63) is 29.4 Å². The largest absolute Gasteiger partial charge is 0.361 e. The molecule has 2 aromatic heterocycles. The minimum absolute atomic E-state index is 0.0654. The van der Waals surface area contributed by atoms with E-state index >= 15 is 0 Å². The molecule has 0 unspecified atom stereocenters. The van der Waals surface area contributed by atoms with Gasteiger partial charge in [0.05, 0.1) is 23.8 Å². The van der Waals surface area contributed by atoms with Crippen molar-refractivity contribution in [3.63, 3.8) is 0 Å². The molecule has 1 N–H and O–H groups in total. The summed E-state index contributed by atoms with van der Waals surface area (Å²) in [4.78, 5) is 23.0. The number of aryl methyl sites for hydroxylation is 2. The molecule has 128 valence electrons. The average molecular weight is 329 g/mol. The van der Waals surface area contributed by atoms with E-state index in [1.165, 1.54) is 19.3 Å². The smallest absolute Gasteiger partial charge is 0.225 e. The molecule has 1 fully saturated rings. The quantitative estimate of drug-likeness (QED) is 0.908. The SMILES string of the molecule is Cc1noc(C)c1CCC(=O)Nc1cnc(N2CCCCC2)nc1. The molecule has 7 heteroatoms.